The van der Waals surface area contributed by atoms with Crippen LogP contribution in [0.4, 0.5) is 10.5 Å². The van der Waals surface area contributed by atoms with E-state index in [1.807, 2.05) is 0 Å². The van der Waals surface area contributed by atoms with Crippen LogP contribution >= 0.6 is 0 Å². The fourth-order valence-electron chi connectivity index (χ4n) is 2.43. The van der Waals surface area contributed by atoms with Crippen molar-refractivity contribution in [2.45, 2.75) is 25.0 Å². The van der Waals surface area contributed by atoms with E-state index in [-0.39, 0.29) is 18.7 Å². The van der Waals surface area contributed by atoms with E-state index < -0.39 is 28.6 Å². The number of rotatable bonds is 4. The first-order valence-corrected chi connectivity index (χ1v) is 6.39. The molecule has 1 aliphatic rings. The molecular weight excluding hydrogens is 296 g/mol. The molecule has 22 heavy (non-hydrogen) atoms. The summed E-state index contributed by atoms with van der Waals surface area (Å²) in [6.45, 7) is 1.23. The molecule has 0 unspecified atom stereocenters. The molecule has 0 aromatic heterocycles. The number of carboxylic acids is 1. The molecule has 1 amide bonds. The lowest BCUT2D eigenvalue weighted by Gasteiger charge is -2.27. The van der Waals surface area contributed by atoms with E-state index in [0.29, 0.717) is 5.75 Å². The third-order valence-electron chi connectivity index (χ3n) is 3.65. The molecule has 118 valence electrons. The molecular formula is C13H14N2O7. The molecule has 1 aromatic rings. The molecule has 2 atom stereocenters. The van der Waals surface area contributed by atoms with Gasteiger partial charge in [-0.05, 0) is 19.1 Å². The number of nitro benzene ring substituents is 1. The summed E-state index contributed by atoms with van der Waals surface area (Å²) in [5, 5.41) is 28.9. The van der Waals surface area contributed by atoms with Crippen molar-refractivity contribution in [1.82, 2.24) is 4.90 Å². The second kappa shape index (κ2) is 5.51. The van der Waals surface area contributed by atoms with Crippen molar-refractivity contribution in [2.75, 3.05) is 6.54 Å². The van der Waals surface area contributed by atoms with Crippen LogP contribution in [-0.2, 0) is 4.79 Å². The van der Waals surface area contributed by atoms with Gasteiger partial charge in [0, 0.05) is 18.6 Å². The molecule has 9 nitrogen and oxygen atoms in total. The van der Waals surface area contributed by atoms with Crippen LogP contribution in [0.3, 0.4) is 0 Å². The monoisotopic (exact) mass is 310 g/mol. The van der Waals surface area contributed by atoms with Gasteiger partial charge in [0.25, 0.3) is 5.69 Å². The number of amides is 1. The zero-order chi connectivity index (χ0) is 16.5. The van der Waals surface area contributed by atoms with Crippen LogP contribution in [0.25, 0.3) is 0 Å². The van der Waals surface area contributed by atoms with Crippen LogP contribution in [0.5, 0.6) is 5.75 Å². The fourth-order valence-corrected chi connectivity index (χ4v) is 2.43. The molecule has 1 saturated heterocycles. The Hall–Kier alpha value is -2.84. The number of ether oxygens (including phenoxy) is 1. The largest absolute Gasteiger partial charge is 0.488 e. The second-order valence-electron chi connectivity index (χ2n) is 5.17. The topological polar surface area (TPSA) is 130 Å². The number of hydrogen-bond acceptors (Lipinski definition) is 5. The Morgan fingerprint density at radius 3 is 2.36 bits per heavy atom. The van der Waals surface area contributed by atoms with E-state index in [1.54, 1.807) is 0 Å². The molecule has 0 spiro atoms. The first kappa shape index (κ1) is 15.5. The SMILES string of the molecule is C[C@]1(C(=O)O)C[C@H](Oc2ccc([N+](=O)[O-])cc2)CN1C(=O)O. The van der Waals surface area contributed by atoms with E-state index >= 15 is 0 Å². The molecule has 1 aromatic carbocycles. The number of nitrogens with zero attached hydrogens (tertiary/aromatic N) is 2. The highest BCUT2D eigenvalue weighted by Crippen LogP contribution is 2.32. The van der Waals surface area contributed by atoms with Gasteiger partial charge in [-0.2, -0.15) is 0 Å². The minimum Gasteiger partial charge on any atom is -0.488 e. The number of likely N-dealkylation sites (tertiary alicyclic amines) is 1. The molecule has 0 radical (unpaired) electrons. The lowest BCUT2D eigenvalue weighted by Crippen LogP contribution is -2.50. The van der Waals surface area contributed by atoms with Gasteiger partial charge in [0.2, 0.25) is 0 Å². The molecule has 2 rings (SSSR count). The Bertz CT molecular complexity index is 615. The number of non-ortho nitro benzene ring substituents is 1. The van der Waals surface area contributed by atoms with E-state index in [9.17, 15) is 24.8 Å². The molecule has 0 saturated carbocycles. The van der Waals surface area contributed by atoms with Crippen LogP contribution in [-0.4, -0.2) is 50.3 Å². The predicted molar refractivity (Wildman–Crippen MR) is 72.9 cm³/mol. The van der Waals surface area contributed by atoms with E-state index in [0.717, 1.165) is 4.90 Å². The molecule has 9 heteroatoms. The normalized spacial score (nSPS) is 24.0. The van der Waals surface area contributed by atoms with Crippen LogP contribution in [0.1, 0.15) is 13.3 Å². The number of benzene rings is 1. The van der Waals surface area contributed by atoms with Crippen molar-refractivity contribution in [3.05, 3.63) is 34.4 Å². The number of hydrogen-bond donors (Lipinski definition) is 2. The van der Waals surface area contributed by atoms with Gasteiger partial charge in [-0.15, -0.1) is 0 Å². The van der Waals surface area contributed by atoms with Crippen LogP contribution in [0, 0.1) is 10.1 Å². The number of nitro groups is 1. The fraction of sp³-hybridized carbons (Fsp3) is 0.385. The maximum absolute atomic E-state index is 11.3. The zero-order valence-corrected chi connectivity index (χ0v) is 11.6. The van der Waals surface area contributed by atoms with Crippen molar-refractivity contribution in [3.8, 4) is 5.75 Å². The van der Waals surface area contributed by atoms with Gasteiger partial charge in [0.15, 0.2) is 0 Å². The van der Waals surface area contributed by atoms with Gasteiger partial charge in [-0.3, -0.25) is 15.0 Å². The Morgan fingerprint density at radius 2 is 1.95 bits per heavy atom. The third-order valence-corrected chi connectivity index (χ3v) is 3.65. The first-order chi connectivity index (χ1) is 10.2. The molecule has 2 N–H and O–H groups in total. The summed E-state index contributed by atoms with van der Waals surface area (Å²) in [4.78, 5) is 33.3. The van der Waals surface area contributed by atoms with E-state index in [1.165, 1.54) is 31.2 Å². The highest BCUT2D eigenvalue weighted by molar-refractivity contribution is 5.84. The minimum atomic E-state index is -1.56. The molecule has 0 bridgehead atoms. The van der Waals surface area contributed by atoms with Crippen LogP contribution in [0.15, 0.2) is 24.3 Å². The zero-order valence-electron chi connectivity index (χ0n) is 11.6. The molecule has 0 aliphatic carbocycles. The van der Waals surface area contributed by atoms with Gasteiger partial charge < -0.3 is 14.9 Å². The van der Waals surface area contributed by atoms with Crippen molar-refractivity contribution in [3.63, 3.8) is 0 Å². The maximum atomic E-state index is 11.3. The van der Waals surface area contributed by atoms with Crippen molar-refractivity contribution in [2.24, 2.45) is 0 Å². The Labute approximate surface area is 124 Å². The number of aliphatic carboxylic acids is 1. The maximum Gasteiger partial charge on any atom is 0.408 e. The third kappa shape index (κ3) is 2.78. The highest BCUT2D eigenvalue weighted by Gasteiger charge is 2.51. The van der Waals surface area contributed by atoms with Gasteiger partial charge in [-0.25, -0.2) is 9.59 Å². The average molecular weight is 310 g/mol. The summed E-state index contributed by atoms with van der Waals surface area (Å²) in [6.07, 6.45) is -1.98. The Kier molecular flexibility index (Phi) is 3.89. The summed E-state index contributed by atoms with van der Waals surface area (Å²) in [5.74, 6) is -0.930. The lowest BCUT2D eigenvalue weighted by molar-refractivity contribution is -0.384. The summed E-state index contributed by atoms with van der Waals surface area (Å²) in [5.41, 5.74) is -1.65. The average Bonchev–Trinajstić information content (AvgIpc) is 2.78. The van der Waals surface area contributed by atoms with E-state index in [2.05, 4.69) is 0 Å². The summed E-state index contributed by atoms with van der Waals surface area (Å²) >= 11 is 0. The highest BCUT2D eigenvalue weighted by atomic mass is 16.6. The molecule has 1 heterocycles. The van der Waals surface area contributed by atoms with Gasteiger partial charge in [0.1, 0.15) is 17.4 Å². The summed E-state index contributed by atoms with van der Waals surface area (Å²) < 4.78 is 5.55. The van der Waals surface area contributed by atoms with Crippen molar-refractivity contribution < 1.29 is 29.5 Å². The predicted octanol–water partition coefficient (Wildman–Crippen LogP) is 1.57. The van der Waals surface area contributed by atoms with E-state index in [4.69, 9.17) is 9.84 Å². The quantitative estimate of drug-likeness (QED) is 0.637. The summed E-state index contributed by atoms with van der Waals surface area (Å²) in [7, 11) is 0. The Morgan fingerprint density at radius 1 is 1.36 bits per heavy atom. The number of carboxylic acid groups (broad SMARTS) is 2. The summed E-state index contributed by atoms with van der Waals surface area (Å²) in [6, 6.07) is 5.30. The van der Waals surface area contributed by atoms with Crippen LogP contribution < -0.4 is 4.74 Å². The van der Waals surface area contributed by atoms with Crippen molar-refractivity contribution in [1.29, 1.82) is 0 Å². The van der Waals surface area contributed by atoms with Gasteiger partial charge >= 0.3 is 12.1 Å². The van der Waals surface area contributed by atoms with Gasteiger partial charge in [0.05, 0.1) is 11.5 Å². The minimum absolute atomic E-state index is 0.00831. The van der Waals surface area contributed by atoms with Crippen molar-refractivity contribution >= 4 is 17.7 Å². The molecule has 1 fully saturated rings. The smallest absolute Gasteiger partial charge is 0.408 e. The second-order valence-corrected chi connectivity index (χ2v) is 5.17. The lowest BCUT2D eigenvalue weighted by atomic mass is 9.99. The molecule has 1 aliphatic heterocycles. The van der Waals surface area contributed by atoms with Gasteiger partial charge in [-0.1, -0.05) is 0 Å². The van der Waals surface area contributed by atoms with Crippen LogP contribution in [0.2, 0.25) is 0 Å². The standard InChI is InChI=1S/C13H14N2O7/c1-13(11(16)17)6-10(7-14(13)12(18)19)22-9-4-2-8(3-5-9)15(20)21/h2-5,10H,6-7H2,1H3,(H,16,17)(H,18,19)/t10-,13+/m0/s1. The number of carbonyl (C=O) groups is 2. The first-order valence-electron chi connectivity index (χ1n) is 6.39. The Balaban J connectivity index is 2.13.